The summed E-state index contributed by atoms with van der Waals surface area (Å²) in [5.74, 6) is 2.37. The number of aliphatic hydroxyl groups excluding tert-OH is 1. The third kappa shape index (κ3) is 6.61. The first-order chi connectivity index (χ1) is 4.16. The zero-order valence-corrected chi connectivity index (χ0v) is 8.96. The number of halogens is 2. The monoisotopic (exact) mass is 348 g/mol. The highest BCUT2D eigenvalue weighted by Crippen LogP contribution is 2.15. The van der Waals surface area contributed by atoms with E-state index in [2.05, 4.69) is 51.1 Å². The molecule has 1 atom stereocenters. The maximum Gasteiger partial charge on any atom is 0.0847 e. The number of rotatable bonds is 2. The van der Waals surface area contributed by atoms with Crippen LogP contribution < -0.4 is 0 Å². The SMILES string of the molecule is C#CCC(O)C=C(I)I. The summed E-state index contributed by atoms with van der Waals surface area (Å²) in [6.45, 7) is 0. The van der Waals surface area contributed by atoms with E-state index in [-0.39, 0.29) is 0 Å². The van der Waals surface area contributed by atoms with Gasteiger partial charge in [-0.05, 0) is 51.3 Å². The lowest BCUT2D eigenvalue weighted by molar-refractivity contribution is 0.229. The molecule has 0 saturated heterocycles. The van der Waals surface area contributed by atoms with Crippen molar-refractivity contribution in [2.24, 2.45) is 0 Å². The van der Waals surface area contributed by atoms with E-state index in [1.807, 2.05) is 0 Å². The fourth-order valence-corrected chi connectivity index (χ4v) is 1.16. The maximum atomic E-state index is 8.99. The van der Waals surface area contributed by atoms with Gasteiger partial charge in [0.2, 0.25) is 0 Å². The Morgan fingerprint density at radius 2 is 2.33 bits per heavy atom. The topological polar surface area (TPSA) is 20.2 Å². The Hall–Kier alpha value is 0.720. The van der Waals surface area contributed by atoms with Crippen molar-refractivity contribution in [2.75, 3.05) is 0 Å². The molecule has 3 heteroatoms. The van der Waals surface area contributed by atoms with Gasteiger partial charge in [-0.25, -0.2) is 0 Å². The average Bonchev–Trinajstić information content (AvgIpc) is 1.63. The molecule has 0 radical (unpaired) electrons. The summed E-state index contributed by atoms with van der Waals surface area (Å²) in [5, 5.41) is 8.99. The van der Waals surface area contributed by atoms with E-state index < -0.39 is 6.10 Å². The van der Waals surface area contributed by atoms with Crippen LogP contribution in [0.5, 0.6) is 0 Å². The molecule has 0 bridgehead atoms. The van der Waals surface area contributed by atoms with Gasteiger partial charge in [0.05, 0.1) is 6.10 Å². The minimum atomic E-state index is -0.473. The molecular weight excluding hydrogens is 342 g/mol. The van der Waals surface area contributed by atoms with Gasteiger partial charge in [0, 0.05) is 8.01 Å². The van der Waals surface area contributed by atoms with Crippen LogP contribution in [0.1, 0.15) is 6.42 Å². The highest BCUT2D eigenvalue weighted by molar-refractivity contribution is 14.2. The Morgan fingerprint density at radius 3 is 2.67 bits per heavy atom. The minimum Gasteiger partial charge on any atom is -0.388 e. The van der Waals surface area contributed by atoms with Gasteiger partial charge in [0.25, 0.3) is 0 Å². The predicted octanol–water partition coefficient (Wildman–Crippen LogP) is 2.08. The largest absolute Gasteiger partial charge is 0.388 e. The van der Waals surface area contributed by atoms with Crippen LogP contribution in [0.25, 0.3) is 0 Å². The van der Waals surface area contributed by atoms with E-state index in [1.54, 1.807) is 6.08 Å². The van der Waals surface area contributed by atoms with Crippen molar-refractivity contribution in [3.8, 4) is 12.3 Å². The van der Waals surface area contributed by atoms with Crippen LogP contribution in [-0.2, 0) is 0 Å². The third-order valence-corrected chi connectivity index (χ3v) is 1.36. The van der Waals surface area contributed by atoms with Gasteiger partial charge in [-0.1, -0.05) is 0 Å². The molecule has 0 rings (SSSR count). The van der Waals surface area contributed by atoms with Crippen molar-refractivity contribution in [3.63, 3.8) is 0 Å². The molecule has 0 heterocycles. The molecule has 0 aliphatic heterocycles. The second-order valence-electron chi connectivity index (χ2n) is 1.43. The Bertz CT molecular complexity index is 142. The van der Waals surface area contributed by atoms with Crippen molar-refractivity contribution in [3.05, 3.63) is 7.66 Å². The molecule has 0 aromatic carbocycles. The van der Waals surface area contributed by atoms with E-state index in [9.17, 15) is 0 Å². The molecule has 0 aliphatic rings. The Morgan fingerprint density at radius 1 is 1.78 bits per heavy atom. The smallest absolute Gasteiger partial charge is 0.0847 e. The quantitative estimate of drug-likeness (QED) is 0.599. The number of aliphatic hydroxyl groups is 1. The summed E-state index contributed by atoms with van der Waals surface area (Å²) >= 11 is 4.23. The normalized spacial score (nSPS) is 11.8. The Balaban J connectivity index is 3.65. The molecule has 0 fully saturated rings. The fraction of sp³-hybridized carbons (Fsp3) is 0.333. The molecule has 0 aromatic heterocycles. The van der Waals surface area contributed by atoms with Crippen molar-refractivity contribution < 1.29 is 5.11 Å². The highest BCUT2D eigenvalue weighted by Gasteiger charge is 1.95. The van der Waals surface area contributed by atoms with Gasteiger partial charge < -0.3 is 5.11 Å². The summed E-state index contributed by atoms with van der Waals surface area (Å²) in [5.41, 5.74) is 0. The zero-order chi connectivity index (χ0) is 7.28. The zero-order valence-electron chi connectivity index (χ0n) is 4.64. The van der Waals surface area contributed by atoms with Crippen molar-refractivity contribution >= 4 is 45.2 Å². The first-order valence-corrected chi connectivity index (χ1v) is 4.47. The second kappa shape index (κ2) is 5.50. The lowest BCUT2D eigenvalue weighted by Gasteiger charge is -1.96. The summed E-state index contributed by atoms with van der Waals surface area (Å²) in [6, 6.07) is 0. The highest BCUT2D eigenvalue weighted by atomic mass is 127. The molecule has 0 aromatic rings. The van der Waals surface area contributed by atoms with Crippen molar-refractivity contribution in [2.45, 2.75) is 12.5 Å². The van der Waals surface area contributed by atoms with Gasteiger partial charge in [-0.2, -0.15) is 0 Å². The summed E-state index contributed by atoms with van der Waals surface area (Å²) in [4.78, 5) is 0. The van der Waals surface area contributed by atoms with Crippen LogP contribution in [0.2, 0.25) is 0 Å². The molecule has 1 unspecified atom stereocenters. The van der Waals surface area contributed by atoms with E-state index in [0.29, 0.717) is 6.42 Å². The first-order valence-electron chi connectivity index (χ1n) is 2.31. The molecule has 50 valence electrons. The van der Waals surface area contributed by atoms with E-state index >= 15 is 0 Å². The van der Waals surface area contributed by atoms with Crippen LogP contribution in [0.3, 0.4) is 0 Å². The van der Waals surface area contributed by atoms with E-state index in [4.69, 9.17) is 11.5 Å². The number of hydrogen-bond donors (Lipinski definition) is 1. The molecular formula is C6H6I2O. The predicted molar refractivity (Wildman–Crippen MR) is 55.6 cm³/mol. The van der Waals surface area contributed by atoms with Gasteiger partial charge in [0.15, 0.2) is 0 Å². The first kappa shape index (κ1) is 9.72. The number of hydrogen-bond acceptors (Lipinski definition) is 1. The van der Waals surface area contributed by atoms with Gasteiger partial charge in [0.1, 0.15) is 0 Å². The van der Waals surface area contributed by atoms with E-state index in [1.165, 1.54) is 0 Å². The maximum absolute atomic E-state index is 8.99. The lowest BCUT2D eigenvalue weighted by Crippen LogP contribution is -1.98. The standard InChI is InChI=1S/C6H6I2O/c1-2-3-5(9)4-6(7)8/h1,4-5,9H,3H2. The summed E-state index contributed by atoms with van der Waals surface area (Å²) in [7, 11) is 0. The van der Waals surface area contributed by atoms with Crippen LogP contribution in [0, 0.1) is 12.3 Å². The number of terminal acetylenes is 1. The summed E-state index contributed by atoms with van der Waals surface area (Å²) < 4.78 is 1.04. The lowest BCUT2D eigenvalue weighted by atomic mass is 10.3. The van der Waals surface area contributed by atoms with Gasteiger partial charge >= 0.3 is 0 Å². The molecule has 9 heavy (non-hydrogen) atoms. The minimum absolute atomic E-state index is 0.398. The van der Waals surface area contributed by atoms with Crippen LogP contribution in [0.4, 0.5) is 0 Å². The van der Waals surface area contributed by atoms with Gasteiger partial charge in [-0.3, -0.25) is 0 Å². The molecule has 0 saturated carbocycles. The fourth-order valence-electron chi connectivity index (χ4n) is 0.325. The third-order valence-electron chi connectivity index (χ3n) is 0.645. The van der Waals surface area contributed by atoms with E-state index in [0.717, 1.165) is 1.59 Å². The van der Waals surface area contributed by atoms with Gasteiger partial charge in [-0.15, -0.1) is 12.3 Å². The molecule has 1 nitrogen and oxygen atoms in total. The van der Waals surface area contributed by atoms with Crippen LogP contribution >= 0.6 is 45.2 Å². The van der Waals surface area contributed by atoms with Crippen LogP contribution in [0.15, 0.2) is 7.66 Å². The molecule has 1 N–H and O–H groups in total. The van der Waals surface area contributed by atoms with Crippen LogP contribution in [-0.4, -0.2) is 11.2 Å². The average molecular weight is 348 g/mol. The van der Waals surface area contributed by atoms with Crippen molar-refractivity contribution in [1.29, 1.82) is 0 Å². The Kier molecular flexibility index (Phi) is 5.94. The second-order valence-corrected chi connectivity index (χ2v) is 5.82. The van der Waals surface area contributed by atoms with Crippen molar-refractivity contribution in [1.82, 2.24) is 0 Å². The molecule has 0 amide bonds. The molecule has 0 aliphatic carbocycles. The molecule has 0 spiro atoms. The summed E-state index contributed by atoms with van der Waals surface area (Å²) in [6.07, 6.45) is 6.61. The Labute approximate surface area is 82.2 Å².